The van der Waals surface area contributed by atoms with E-state index in [0.717, 1.165) is 22.9 Å². The van der Waals surface area contributed by atoms with E-state index < -0.39 is 0 Å². The van der Waals surface area contributed by atoms with Crippen LogP contribution in [0, 0.1) is 0 Å². The maximum atomic E-state index is 13.2. The van der Waals surface area contributed by atoms with Crippen molar-refractivity contribution in [2.75, 3.05) is 39.2 Å². The molecule has 3 aromatic rings. The van der Waals surface area contributed by atoms with Crippen LogP contribution in [0.25, 0.3) is 10.9 Å². The smallest absolute Gasteiger partial charge is 0.324 e. The van der Waals surface area contributed by atoms with Crippen LogP contribution < -0.4 is 9.64 Å². The van der Waals surface area contributed by atoms with Gasteiger partial charge in [-0.2, -0.15) is 0 Å². The molecule has 0 aliphatic carbocycles. The molecule has 2 heterocycles. The fourth-order valence-electron chi connectivity index (χ4n) is 4.07. The van der Waals surface area contributed by atoms with Gasteiger partial charge in [0.1, 0.15) is 6.54 Å². The van der Waals surface area contributed by atoms with Gasteiger partial charge in [0.05, 0.1) is 7.11 Å². The van der Waals surface area contributed by atoms with Crippen LogP contribution in [-0.4, -0.2) is 65.7 Å². The molecule has 0 atom stereocenters. The Morgan fingerprint density at radius 1 is 1.16 bits per heavy atom. The number of phenols is 1. The van der Waals surface area contributed by atoms with Crippen molar-refractivity contribution in [2.24, 2.45) is 0 Å². The van der Waals surface area contributed by atoms with Gasteiger partial charge < -0.3 is 24.2 Å². The van der Waals surface area contributed by atoms with Crippen LogP contribution in [0.5, 0.6) is 11.5 Å². The maximum Gasteiger partial charge on any atom is 0.324 e. The SMILES string of the molecule is COc1ccc(N2CCCN(Cc3cccc4c3ccn4CC(=O)N(C)C)C2=O)cc1O. The number of rotatable bonds is 6. The van der Waals surface area contributed by atoms with Gasteiger partial charge in [0.25, 0.3) is 0 Å². The second kappa shape index (κ2) is 8.82. The van der Waals surface area contributed by atoms with Crippen LogP contribution in [0.4, 0.5) is 10.5 Å². The van der Waals surface area contributed by atoms with Crippen molar-refractivity contribution in [1.82, 2.24) is 14.4 Å². The molecule has 4 rings (SSSR count). The molecule has 0 unspecified atom stereocenters. The molecule has 1 aliphatic heterocycles. The van der Waals surface area contributed by atoms with Gasteiger partial charge in [0.2, 0.25) is 5.91 Å². The summed E-state index contributed by atoms with van der Waals surface area (Å²) in [6.45, 7) is 2.00. The summed E-state index contributed by atoms with van der Waals surface area (Å²) >= 11 is 0. The van der Waals surface area contributed by atoms with Crippen molar-refractivity contribution in [2.45, 2.75) is 19.5 Å². The number of aromatic hydroxyl groups is 1. The number of hydrogen-bond donors (Lipinski definition) is 1. The number of anilines is 1. The number of ether oxygens (including phenoxy) is 1. The first-order valence-corrected chi connectivity index (χ1v) is 10.6. The molecule has 1 aliphatic rings. The van der Waals surface area contributed by atoms with Gasteiger partial charge >= 0.3 is 6.03 Å². The van der Waals surface area contributed by atoms with E-state index in [-0.39, 0.29) is 24.2 Å². The maximum absolute atomic E-state index is 13.2. The Balaban J connectivity index is 1.56. The number of fused-ring (bicyclic) bond motifs is 1. The highest BCUT2D eigenvalue weighted by Crippen LogP contribution is 2.32. The standard InChI is InChI=1S/C24H28N4O4/c1-25(2)23(30)16-26-13-10-19-17(6-4-7-20(19)26)15-27-11-5-12-28(24(27)31)18-8-9-22(32-3)21(29)14-18/h4,6-10,13-14,29H,5,11-12,15-16H2,1-3H3. The van der Waals surface area contributed by atoms with E-state index in [2.05, 4.69) is 0 Å². The summed E-state index contributed by atoms with van der Waals surface area (Å²) in [6, 6.07) is 12.9. The quantitative estimate of drug-likeness (QED) is 0.643. The van der Waals surface area contributed by atoms with Crippen molar-refractivity contribution in [3.8, 4) is 11.5 Å². The minimum absolute atomic E-state index is 0.00769. The number of amides is 3. The molecule has 0 radical (unpaired) electrons. The topological polar surface area (TPSA) is 78.2 Å². The lowest BCUT2D eigenvalue weighted by Crippen LogP contribution is -2.49. The summed E-state index contributed by atoms with van der Waals surface area (Å²) in [6.07, 6.45) is 2.74. The average Bonchev–Trinajstić information content (AvgIpc) is 3.19. The zero-order valence-electron chi connectivity index (χ0n) is 18.6. The van der Waals surface area contributed by atoms with Gasteiger partial charge in [0.15, 0.2) is 11.5 Å². The van der Waals surface area contributed by atoms with E-state index in [1.165, 1.54) is 7.11 Å². The van der Waals surface area contributed by atoms with E-state index in [0.29, 0.717) is 31.1 Å². The number of benzene rings is 2. The molecule has 1 fully saturated rings. The number of methoxy groups -OCH3 is 1. The molecule has 168 valence electrons. The van der Waals surface area contributed by atoms with E-state index in [1.54, 1.807) is 42.1 Å². The highest BCUT2D eigenvalue weighted by molar-refractivity contribution is 5.93. The highest BCUT2D eigenvalue weighted by atomic mass is 16.5. The van der Waals surface area contributed by atoms with E-state index in [9.17, 15) is 14.7 Å². The van der Waals surface area contributed by atoms with Gasteiger partial charge in [-0.1, -0.05) is 12.1 Å². The van der Waals surface area contributed by atoms with Crippen LogP contribution >= 0.6 is 0 Å². The summed E-state index contributed by atoms with van der Waals surface area (Å²) in [5.74, 6) is 0.407. The molecule has 0 bridgehead atoms. The number of aromatic nitrogens is 1. The third kappa shape index (κ3) is 4.08. The van der Waals surface area contributed by atoms with Crippen molar-refractivity contribution in [3.63, 3.8) is 0 Å². The number of likely N-dealkylation sites (N-methyl/N-ethyl adjacent to an activating group) is 1. The average molecular weight is 437 g/mol. The van der Waals surface area contributed by atoms with Crippen LogP contribution in [-0.2, 0) is 17.9 Å². The van der Waals surface area contributed by atoms with Gasteiger partial charge in [-0.3, -0.25) is 9.69 Å². The van der Waals surface area contributed by atoms with E-state index in [4.69, 9.17) is 4.74 Å². The molecule has 32 heavy (non-hydrogen) atoms. The summed E-state index contributed by atoms with van der Waals surface area (Å²) in [5.41, 5.74) is 2.65. The Bertz CT molecular complexity index is 1150. The van der Waals surface area contributed by atoms with Crippen LogP contribution in [0.1, 0.15) is 12.0 Å². The summed E-state index contributed by atoms with van der Waals surface area (Å²) < 4.78 is 7.04. The van der Waals surface area contributed by atoms with Crippen LogP contribution in [0.15, 0.2) is 48.7 Å². The summed E-state index contributed by atoms with van der Waals surface area (Å²) in [4.78, 5) is 30.5. The molecular formula is C24H28N4O4. The van der Waals surface area contributed by atoms with Gasteiger partial charge in [-0.15, -0.1) is 0 Å². The lowest BCUT2D eigenvalue weighted by atomic mass is 10.1. The molecule has 1 N–H and O–H groups in total. The fourth-order valence-corrected chi connectivity index (χ4v) is 4.07. The molecule has 2 aromatic carbocycles. The number of nitrogens with zero attached hydrogens (tertiary/aromatic N) is 4. The fraction of sp³-hybridized carbons (Fsp3) is 0.333. The van der Waals surface area contributed by atoms with Gasteiger partial charge in [-0.05, 0) is 36.2 Å². The predicted octanol–water partition coefficient (Wildman–Crippen LogP) is 3.28. The minimum Gasteiger partial charge on any atom is -0.504 e. The largest absolute Gasteiger partial charge is 0.504 e. The first-order chi connectivity index (χ1) is 15.4. The molecule has 8 nitrogen and oxygen atoms in total. The number of carbonyl (C=O) groups is 2. The van der Waals surface area contributed by atoms with Crippen molar-refractivity contribution in [1.29, 1.82) is 0 Å². The van der Waals surface area contributed by atoms with Crippen molar-refractivity contribution >= 4 is 28.5 Å². The Hall–Kier alpha value is -3.68. The lowest BCUT2D eigenvalue weighted by molar-refractivity contribution is -0.129. The third-order valence-electron chi connectivity index (χ3n) is 5.85. The van der Waals surface area contributed by atoms with E-state index in [1.807, 2.05) is 39.9 Å². The van der Waals surface area contributed by atoms with Crippen molar-refractivity contribution < 1.29 is 19.4 Å². The lowest BCUT2D eigenvalue weighted by Gasteiger charge is -2.36. The zero-order valence-corrected chi connectivity index (χ0v) is 18.6. The molecule has 3 amide bonds. The van der Waals surface area contributed by atoms with Gasteiger partial charge in [0, 0.05) is 62.6 Å². The Kier molecular flexibility index (Phi) is 5.94. The molecule has 1 saturated heterocycles. The molecular weight excluding hydrogens is 408 g/mol. The summed E-state index contributed by atoms with van der Waals surface area (Å²) in [7, 11) is 4.98. The Labute approximate surface area is 187 Å². The van der Waals surface area contributed by atoms with E-state index >= 15 is 0 Å². The highest BCUT2D eigenvalue weighted by Gasteiger charge is 2.28. The predicted molar refractivity (Wildman–Crippen MR) is 123 cm³/mol. The molecule has 0 saturated carbocycles. The van der Waals surface area contributed by atoms with Gasteiger partial charge in [-0.25, -0.2) is 4.79 Å². The number of carbonyl (C=O) groups excluding carboxylic acids is 2. The second-order valence-corrected chi connectivity index (χ2v) is 8.15. The molecule has 1 aromatic heterocycles. The third-order valence-corrected chi connectivity index (χ3v) is 5.85. The monoisotopic (exact) mass is 436 g/mol. The minimum atomic E-state index is -0.0972. The number of urea groups is 1. The Morgan fingerprint density at radius 3 is 2.69 bits per heavy atom. The summed E-state index contributed by atoms with van der Waals surface area (Å²) in [5, 5.41) is 11.2. The Morgan fingerprint density at radius 2 is 1.97 bits per heavy atom. The van der Waals surface area contributed by atoms with Crippen LogP contribution in [0.2, 0.25) is 0 Å². The molecule has 8 heteroatoms. The zero-order chi connectivity index (χ0) is 22.8. The first kappa shape index (κ1) is 21.5. The second-order valence-electron chi connectivity index (χ2n) is 8.15. The normalized spacial score (nSPS) is 14.2. The molecule has 0 spiro atoms. The van der Waals surface area contributed by atoms with Crippen LogP contribution in [0.3, 0.4) is 0 Å². The number of phenolic OH excluding ortho intramolecular Hbond substituents is 1. The number of hydrogen-bond acceptors (Lipinski definition) is 4. The first-order valence-electron chi connectivity index (χ1n) is 10.6. The van der Waals surface area contributed by atoms with Crippen molar-refractivity contribution in [3.05, 3.63) is 54.2 Å².